The number of alkyl halides is 3. The second-order valence-electron chi connectivity index (χ2n) is 3.93. The predicted octanol–water partition coefficient (Wildman–Crippen LogP) is 3.89. The van der Waals surface area contributed by atoms with E-state index in [1.807, 2.05) is 0 Å². The summed E-state index contributed by atoms with van der Waals surface area (Å²) in [6.07, 6.45) is -4.04. The number of aldehydes is 1. The molecule has 0 bridgehead atoms. The van der Waals surface area contributed by atoms with Gasteiger partial charge in [0, 0.05) is 0 Å². The van der Waals surface area contributed by atoms with Crippen molar-refractivity contribution in [2.24, 2.45) is 0 Å². The Labute approximate surface area is 107 Å². The highest BCUT2D eigenvalue weighted by Gasteiger charge is 2.33. The summed E-state index contributed by atoms with van der Waals surface area (Å²) in [4.78, 5) is 10.6. The van der Waals surface area contributed by atoms with Gasteiger partial charge in [-0.2, -0.15) is 13.2 Å². The first-order valence-electron chi connectivity index (χ1n) is 5.38. The lowest BCUT2D eigenvalue weighted by Gasteiger charge is -2.13. The highest BCUT2D eigenvalue weighted by molar-refractivity contribution is 5.82. The molecule has 0 aliphatic heterocycles. The number of hydrogen-bond acceptors (Lipinski definition) is 2. The van der Waals surface area contributed by atoms with Crippen molar-refractivity contribution in [3.05, 3.63) is 53.6 Å². The van der Waals surface area contributed by atoms with Crippen LogP contribution in [0.15, 0.2) is 42.5 Å². The highest BCUT2D eigenvalue weighted by Crippen LogP contribution is 2.37. The van der Waals surface area contributed by atoms with Crippen molar-refractivity contribution < 1.29 is 23.1 Å². The Morgan fingerprint density at radius 3 is 2.32 bits per heavy atom. The molecule has 2 nitrogen and oxygen atoms in total. The van der Waals surface area contributed by atoms with Gasteiger partial charge in [0.2, 0.25) is 0 Å². The summed E-state index contributed by atoms with van der Waals surface area (Å²) in [5.74, 6) is -0.343. The van der Waals surface area contributed by atoms with E-state index in [0.29, 0.717) is 6.29 Å². The van der Waals surface area contributed by atoms with Crippen LogP contribution < -0.4 is 0 Å². The van der Waals surface area contributed by atoms with E-state index in [9.17, 15) is 23.1 Å². The van der Waals surface area contributed by atoms with Gasteiger partial charge in [0.25, 0.3) is 0 Å². The Morgan fingerprint density at radius 2 is 1.74 bits per heavy atom. The molecule has 2 aromatic rings. The highest BCUT2D eigenvalue weighted by atomic mass is 19.4. The van der Waals surface area contributed by atoms with Gasteiger partial charge in [-0.05, 0) is 29.3 Å². The minimum atomic E-state index is -4.48. The molecule has 0 unspecified atom stereocenters. The summed E-state index contributed by atoms with van der Waals surface area (Å²) in [5, 5.41) is 9.53. The molecule has 0 aromatic heterocycles. The molecule has 0 spiro atoms. The largest absolute Gasteiger partial charge is 0.507 e. The predicted molar refractivity (Wildman–Crippen MR) is 63.9 cm³/mol. The molecule has 0 saturated heterocycles. The Balaban J connectivity index is 2.60. The van der Waals surface area contributed by atoms with E-state index in [4.69, 9.17) is 0 Å². The van der Waals surface area contributed by atoms with E-state index in [1.165, 1.54) is 30.3 Å². The van der Waals surface area contributed by atoms with Gasteiger partial charge in [-0.25, -0.2) is 0 Å². The molecule has 5 heteroatoms. The summed E-state index contributed by atoms with van der Waals surface area (Å²) in [6.45, 7) is 0. The Morgan fingerprint density at radius 1 is 1.05 bits per heavy atom. The quantitative estimate of drug-likeness (QED) is 0.837. The zero-order valence-electron chi connectivity index (χ0n) is 9.61. The molecule has 98 valence electrons. The minimum Gasteiger partial charge on any atom is -0.507 e. The van der Waals surface area contributed by atoms with E-state index in [-0.39, 0.29) is 22.4 Å². The molecule has 0 amide bonds. The molecule has 0 aliphatic carbocycles. The Bertz CT molecular complexity index is 618. The van der Waals surface area contributed by atoms with Crippen LogP contribution in [0.4, 0.5) is 13.2 Å². The molecule has 0 saturated carbocycles. The van der Waals surface area contributed by atoms with E-state index >= 15 is 0 Å². The number of carbonyl (C=O) groups is 1. The van der Waals surface area contributed by atoms with Crippen LogP contribution in [-0.4, -0.2) is 11.4 Å². The maximum Gasteiger partial charge on any atom is 0.417 e. The second-order valence-corrected chi connectivity index (χ2v) is 3.93. The summed E-state index contributed by atoms with van der Waals surface area (Å²) >= 11 is 0. The first-order valence-corrected chi connectivity index (χ1v) is 5.38. The zero-order valence-corrected chi connectivity index (χ0v) is 9.61. The van der Waals surface area contributed by atoms with Crippen LogP contribution >= 0.6 is 0 Å². The minimum absolute atomic E-state index is 0.0354. The summed E-state index contributed by atoms with van der Waals surface area (Å²) < 4.78 is 38.6. The topological polar surface area (TPSA) is 37.3 Å². The Kier molecular flexibility index (Phi) is 3.29. The van der Waals surface area contributed by atoms with Gasteiger partial charge < -0.3 is 5.11 Å². The first kappa shape index (κ1) is 13.1. The number of phenolic OH excluding ortho intramolecular Hbond substituents is 1. The third-order valence-electron chi connectivity index (χ3n) is 2.70. The standard InChI is InChI=1S/C14H9F3O2/c15-14(16,17)12-4-2-1-3-11(12)9-5-6-10(8-18)13(19)7-9/h1-8,19H. The van der Waals surface area contributed by atoms with Gasteiger partial charge in [-0.15, -0.1) is 0 Å². The zero-order chi connectivity index (χ0) is 14.0. The number of halogens is 3. The van der Waals surface area contributed by atoms with Crippen molar-refractivity contribution in [3.63, 3.8) is 0 Å². The lowest BCUT2D eigenvalue weighted by Crippen LogP contribution is -2.06. The smallest absolute Gasteiger partial charge is 0.417 e. The van der Waals surface area contributed by atoms with Crippen LogP contribution in [0, 0.1) is 0 Å². The van der Waals surface area contributed by atoms with E-state index in [1.54, 1.807) is 0 Å². The van der Waals surface area contributed by atoms with E-state index in [0.717, 1.165) is 12.1 Å². The molecular formula is C14H9F3O2. The van der Waals surface area contributed by atoms with Gasteiger partial charge in [0.1, 0.15) is 5.75 Å². The maximum absolute atomic E-state index is 12.9. The summed E-state index contributed by atoms with van der Waals surface area (Å²) in [6, 6.07) is 8.87. The van der Waals surface area contributed by atoms with Gasteiger partial charge in [0.05, 0.1) is 11.1 Å². The molecule has 0 atom stereocenters. The summed E-state index contributed by atoms with van der Waals surface area (Å²) in [5.41, 5.74) is -0.583. The third kappa shape index (κ3) is 2.59. The number of rotatable bonds is 2. The van der Waals surface area contributed by atoms with Crippen molar-refractivity contribution in [3.8, 4) is 16.9 Å². The number of phenols is 1. The van der Waals surface area contributed by atoms with Gasteiger partial charge in [0.15, 0.2) is 6.29 Å². The fraction of sp³-hybridized carbons (Fsp3) is 0.0714. The van der Waals surface area contributed by atoms with Crippen molar-refractivity contribution in [1.82, 2.24) is 0 Å². The van der Waals surface area contributed by atoms with Crippen molar-refractivity contribution in [2.45, 2.75) is 6.18 Å². The fourth-order valence-corrected chi connectivity index (χ4v) is 1.79. The maximum atomic E-state index is 12.9. The molecule has 2 aromatic carbocycles. The monoisotopic (exact) mass is 266 g/mol. The molecule has 0 aliphatic rings. The van der Waals surface area contributed by atoms with E-state index < -0.39 is 11.7 Å². The van der Waals surface area contributed by atoms with Crippen molar-refractivity contribution in [1.29, 1.82) is 0 Å². The molecule has 2 rings (SSSR count). The van der Waals surface area contributed by atoms with Crippen LogP contribution in [0.2, 0.25) is 0 Å². The number of hydrogen-bond donors (Lipinski definition) is 1. The molecule has 0 radical (unpaired) electrons. The molecule has 0 fully saturated rings. The summed E-state index contributed by atoms with van der Waals surface area (Å²) in [7, 11) is 0. The SMILES string of the molecule is O=Cc1ccc(-c2ccccc2C(F)(F)F)cc1O. The third-order valence-corrected chi connectivity index (χ3v) is 2.70. The normalized spacial score (nSPS) is 11.3. The number of benzene rings is 2. The molecule has 1 N–H and O–H groups in total. The van der Waals surface area contributed by atoms with Crippen LogP contribution in [0.25, 0.3) is 11.1 Å². The number of aromatic hydroxyl groups is 1. The fourth-order valence-electron chi connectivity index (χ4n) is 1.79. The van der Waals surface area contributed by atoms with Crippen LogP contribution in [0.3, 0.4) is 0 Å². The average Bonchev–Trinajstić information content (AvgIpc) is 2.37. The lowest BCUT2D eigenvalue weighted by atomic mass is 9.98. The van der Waals surface area contributed by atoms with Crippen LogP contribution in [-0.2, 0) is 6.18 Å². The lowest BCUT2D eigenvalue weighted by molar-refractivity contribution is -0.137. The first-order chi connectivity index (χ1) is 8.93. The van der Waals surface area contributed by atoms with Crippen LogP contribution in [0.5, 0.6) is 5.75 Å². The average molecular weight is 266 g/mol. The van der Waals surface area contributed by atoms with Crippen molar-refractivity contribution >= 4 is 6.29 Å². The van der Waals surface area contributed by atoms with E-state index in [2.05, 4.69) is 0 Å². The van der Waals surface area contributed by atoms with Gasteiger partial charge >= 0.3 is 6.18 Å². The van der Waals surface area contributed by atoms with Crippen molar-refractivity contribution in [2.75, 3.05) is 0 Å². The van der Waals surface area contributed by atoms with Gasteiger partial charge in [-0.3, -0.25) is 4.79 Å². The Hall–Kier alpha value is -2.30. The second kappa shape index (κ2) is 4.76. The molecule has 19 heavy (non-hydrogen) atoms. The molecular weight excluding hydrogens is 257 g/mol. The molecule has 0 heterocycles. The van der Waals surface area contributed by atoms with Crippen LogP contribution in [0.1, 0.15) is 15.9 Å². The van der Waals surface area contributed by atoms with Gasteiger partial charge in [-0.1, -0.05) is 24.3 Å². The number of carbonyl (C=O) groups excluding carboxylic acids is 1.